The lowest BCUT2D eigenvalue weighted by Gasteiger charge is -2.30. The van der Waals surface area contributed by atoms with Gasteiger partial charge in [0.25, 0.3) is 10.0 Å². The average Bonchev–Trinajstić information content (AvgIpc) is 3.42. The first kappa shape index (κ1) is 18.4. The van der Waals surface area contributed by atoms with Crippen LogP contribution >= 0.6 is 0 Å². The molecule has 9 heteroatoms. The number of morpholine rings is 1. The van der Waals surface area contributed by atoms with E-state index in [-0.39, 0.29) is 5.03 Å². The van der Waals surface area contributed by atoms with Crippen LogP contribution in [0.4, 0.5) is 11.4 Å². The standard InChI is InChI=1S/C20H23N5O3S/c26-29(27,19-13-24(14-22-19)12-15-3-4-15)23-17-5-6-18(25-8-10-28-11-9-25)16-2-1-7-21-20(16)17/h1-2,5-7,13-15,23H,3-4,8-12H2. The summed E-state index contributed by atoms with van der Waals surface area (Å²) in [6, 6.07) is 7.55. The van der Waals surface area contributed by atoms with E-state index in [0.29, 0.717) is 30.3 Å². The minimum atomic E-state index is -3.79. The Labute approximate surface area is 169 Å². The predicted octanol–water partition coefficient (Wildman–Crippen LogP) is 2.48. The summed E-state index contributed by atoms with van der Waals surface area (Å²) in [7, 11) is -3.79. The predicted molar refractivity (Wildman–Crippen MR) is 111 cm³/mol. The fourth-order valence-corrected chi connectivity index (χ4v) is 4.71. The molecule has 8 nitrogen and oxygen atoms in total. The second-order valence-electron chi connectivity index (χ2n) is 7.59. The topological polar surface area (TPSA) is 89.4 Å². The van der Waals surface area contributed by atoms with Gasteiger partial charge in [0.2, 0.25) is 0 Å². The summed E-state index contributed by atoms with van der Waals surface area (Å²) in [6.45, 7) is 3.78. The number of anilines is 2. The molecular formula is C20H23N5O3S. The first-order valence-electron chi connectivity index (χ1n) is 9.85. The van der Waals surface area contributed by atoms with Gasteiger partial charge < -0.3 is 14.2 Å². The molecule has 0 radical (unpaired) electrons. The molecule has 5 rings (SSSR count). The molecule has 2 aliphatic rings. The molecule has 1 saturated heterocycles. The number of nitrogens with one attached hydrogen (secondary N) is 1. The van der Waals surface area contributed by atoms with Gasteiger partial charge >= 0.3 is 0 Å². The van der Waals surface area contributed by atoms with Crippen LogP contribution < -0.4 is 9.62 Å². The molecule has 0 unspecified atom stereocenters. The van der Waals surface area contributed by atoms with Gasteiger partial charge in [-0.1, -0.05) is 0 Å². The molecule has 152 valence electrons. The van der Waals surface area contributed by atoms with E-state index in [2.05, 4.69) is 19.6 Å². The normalized spacial score (nSPS) is 17.6. The molecule has 2 fully saturated rings. The van der Waals surface area contributed by atoms with Crippen LogP contribution in [0, 0.1) is 5.92 Å². The maximum atomic E-state index is 12.9. The molecule has 1 aromatic carbocycles. The van der Waals surface area contributed by atoms with Gasteiger partial charge in [-0.2, -0.15) is 8.42 Å². The number of nitrogens with zero attached hydrogens (tertiary/aromatic N) is 4. The number of imidazole rings is 1. The van der Waals surface area contributed by atoms with Gasteiger partial charge in [-0.25, -0.2) is 4.98 Å². The molecule has 3 heterocycles. The van der Waals surface area contributed by atoms with E-state index in [1.54, 1.807) is 24.8 Å². The first-order valence-corrected chi connectivity index (χ1v) is 11.3. The van der Waals surface area contributed by atoms with Crippen molar-refractivity contribution in [2.45, 2.75) is 24.4 Å². The maximum absolute atomic E-state index is 12.9. The quantitative estimate of drug-likeness (QED) is 0.668. The van der Waals surface area contributed by atoms with Crippen LogP contribution in [0.1, 0.15) is 12.8 Å². The van der Waals surface area contributed by atoms with E-state index in [4.69, 9.17) is 4.74 Å². The summed E-state index contributed by atoms with van der Waals surface area (Å²) < 4.78 is 35.8. The third-order valence-corrected chi connectivity index (χ3v) is 6.64. The average molecular weight is 414 g/mol. The number of hydrogen-bond acceptors (Lipinski definition) is 6. The summed E-state index contributed by atoms with van der Waals surface area (Å²) in [5.74, 6) is 0.647. The lowest BCUT2D eigenvalue weighted by Crippen LogP contribution is -2.36. The second kappa shape index (κ2) is 7.31. The van der Waals surface area contributed by atoms with Gasteiger partial charge in [-0.3, -0.25) is 9.71 Å². The fraction of sp³-hybridized carbons (Fsp3) is 0.400. The van der Waals surface area contributed by atoms with E-state index < -0.39 is 10.0 Å². The summed E-state index contributed by atoms with van der Waals surface area (Å²) in [4.78, 5) is 10.8. The van der Waals surface area contributed by atoms with Gasteiger partial charge in [0, 0.05) is 43.1 Å². The molecule has 1 N–H and O–H groups in total. The Bertz CT molecular complexity index is 1130. The van der Waals surface area contributed by atoms with Crippen LogP contribution in [-0.4, -0.2) is 49.3 Å². The number of benzene rings is 1. The highest BCUT2D eigenvalue weighted by atomic mass is 32.2. The smallest absolute Gasteiger partial charge is 0.281 e. The number of ether oxygens (including phenoxy) is 1. The zero-order valence-electron chi connectivity index (χ0n) is 16.0. The molecule has 0 spiro atoms. The van der Waals surface area contributed by atoms with Gasteiger partial charge in [0.05, 0.1) is 30.7 Å². The lowest BCUT2D eigenvalue weighted by molar-refractivity contribution is 0.123. The Morgan fingerprint density at radius 2 is 1.97 bits per heavy atom. The number of aromatic nitrogens is 3. The highest BCUT2D eigenvalue weighted by molar-refractivity contribution is 7.92. The largest absolute Gasteiger partial charge is 0.378 e. The summed E-state index contributed by atoms with van der Waals surface area (Å²) in [5.41, 5.74) is 2.11. The van der Waals surface area contributed by atoms with Crippen molar-refractivity contribution >= 4 is 32.3 Å². The molecule has 0 amide bonds. The number of rotatable bonds is 6. The SMILES string of the molecule is O=S(=O)(Nc1ccc(N2CCOCC2)c2cccnc12)c1cn(CC2CC2)cn1. The molecule has 1 aliphatic heterocycles. The van der Waals surface area contributed by atoms with Crippen molar-refractivity contribution in [2.24, 2.45) is 5.92 Å². The first-order chi connectivity index (χ1) is 14.1. The third-order valence-electron chi connectivity index (χ3n) is 5.39. The highest BCUT2D eigenvalue weighted by Crippen LogP contribution is 2.33. The van der Waals surface area contributed by atoms with Crippen molar-refractivity contribution in [1.29, 1.82) is 0 Å². The van der Waals surface area contributed by atoms with E-state index in [1.807, 2.05) is 22.8 Å². The highest BCUT2D eigenvalue weighted by Gasteiger charge is 2.24. The van der Waals surface area contributed by atoms with Gasteiger partial charge in [0.15, 0.2) is 5.03 Å². The van der Waals surface area contributed by atoms with Crippen LogP contribution in [-0.2, 0) is 21.3 Å². The lowest BCUT2D eigenvalue weighted by atomic mass is 10.1. The molecule has 2 aromatic heterocycles. The van der Waals surface area contributed by atoms with Crippen molar-refractivity contribution in [2.75, 3.05) is 35.9 Å². The van der Waals surface area contributed by atoms with Crippen molar-refractivity contribution in [3.05, 3.63) is 43.0 Å². The molecule has 29 heavy (non-hydrogen) atoms. The molecule has 1 saturated carbocycles. The fourth-order valence-electron chi connectivity index (χ4n) is 3.69. The van der Waals surface area contributed by atoms with Crippen LogP contribution in [0.5, 0.6) is 0 Å². The zero-order valence-corrected chi connectivity index (χ0v) is 16.8. The van der Waals surface area contributed by atoms with Gasteiger partial charge in [0.1, 0.15) is 0 Å². The summed E-state index contributed by atoms with van der Waals surface area (Å²) in [6.07, 6.45) is 7.26. The number of sulfonamides is 1. The Morgan fingerprint density at radius 3 is 2.76 bits per heavy atom. The van der Waals surface area contributed by atoms with Gasteiger partial charge in [-0.05, 0) is 43.0 Å². The van der Waals surface area contributed by atoms with Crippen molar-refractivity contribution < 1.29 is 13.2 Å². The maximum Gasteiger partial charge on any atom is 0.281 e. The van der Waals surface area contributed by atoms with E-state index in [9.17, 15) is 8.42 Å². The minimum absolute atomic E-state index is 0.0273. The number of fused-ring (bicyclic) bond motifs is 1. The summed E-state index contributed by atoms with van der Waals surface area (Å²) in [5, 5.41) is 0.938. The minimum Gasteiger partial charge on any atom is -0.378 e. The Hall–Kier alpha value is -2.65. The van der Waals surface area contributed by atoms with Crippen LogP contribution in [0.2, 0.25) is 0 Å². The Morgan fingerprint density at radius 1 is 1.14 bits per heavy atom. The Balaban J connectivity index is 1.46. The van der Waals surface area contributed by atoms with E-state index >= 15 is 0 Å². The van der Waals surface area contributed by atoms with Crippen LogP contribution in [0.3, 0.4) is 0 Å². The van der Waals surface area contributed by atoms with Gasteiger partial charge in [-0.15, -0.1) is 0 Å². The van der Waals surface area contributed by atoms with Crippen molar-refractivity contribution in [1.82, 2.24) is 14.5 Å². The Kier molecular flexibility index (Phi) is 4.63. The van der Waals surface area contributed by atoms with E-state index in [0.717, 1.165) is 30.7 Å². The summed E-state index contributed by atoms with van der Waals surface area (Å²) >= 11 is 0. The van der Waals surface area contributed by atoms with Crippen LogP contribution in [0.15, 0.2) is 48.0 Å². The van der Waals surface area contributed by atoms with Crippen molar-refractivity contribution in [3.63, 3.8) is 0 Å². The molecule has 1 aliphatic carbocycles. The molecular weight excluding hydrogens is 390 g/mol. The van der Waals surface area contributed by atoms with E-state index in [1.165, 1.54) is 12.8 Å². The molecule has 0 bridgehead atoms. The molecule has 0 atom stereocenters. The molecule has 3 aromatic rings. The van der Waals surface area contributed by atoms with Crippen LogP contribution in [0.25, 0.3) is 10.9 Å². The monoisotopic (exact) mass is 413 g/mol. The zero-order chi connectivity index (χ0) is 19.8. The second-order valence-corrected chi connectivity index (χ2v) is 9.22. The number of hydrogen-bond donors (Lipinski definition) is 1. The number of pyridine rings is 1. The third kappa shape index (κ3) is 3.79. The van der Waals surface area contributed by atoms with Crippen molar-refractivity contribution in [3.8, 4) is 0 Å².